The lowest BCUT2D eigenvalue weighted by molar-refractivity contribution is 0.460. The summed E-state index contributed by atoms with van der Waals surface area (Å²) in [5, 5.41) is 3.65. The summed E-state index contributed by atoms with van der Waals surface area (Å²) >= 11 is 0. The average Bonchev–Trinajstić information content (AvgIpc) is 2.89. The lowest BCUT2D eigenvalue weighted by atomic mass is 9.96. The topological polar surface area (TPSA) is 29.9 Å². The van der Waals surface area contributed by atoms with Crippen LogP contribution in [0.25, 0.3) is 5.69 Å². The molecule has 1 aromatic carbocycles. The van der Waals surface area contributed by atoms with Gasteiger partial charge >= 0.3 is 0 Å². The van der Waals surface area contributed by atoms with E-state index in [4.69, 9.17) is 0 Å². The maximum atomic E-state index is 4.68. The van der Waals surface area contributed by atoms with Crippen LogP contribution in [0.2, 0.25) is 0 Å². The van der Waals surface area contributed by atoms with Gasteiger partial charge in [0.2, 0.25) is 5.95 Å². The first-order valence-corrected chi connectivity index (χ1v) is 8.18. The van der Waals surface area contributed by atoms with Crippen molar-refractivity contribution in [2.24, 2.45) is 0 Å². The third-order valence-electron chi connectivity index (χ3n) is 4.39. The van der Waals surface area contributed by atoms with Gasteiger partial charge in [0.15, 0.2) is 0 Å². The predicted octanol–water partition coefficient (Wildman–Crippen LogP) is 4.49. The Labute approximate surface area is 127 Å². The van der Waals surface area contributed by atoms with Gasteiger partial charge in [-0.05, 0) is 43.9 Å². The number of anilines is 1. The van der Waals surface area contributed by atoms with Crippen molar-refractivity contribution < 1.29 is 0 Å². The molecule has 1 aliphatic carbocycles. The maximum Gasteiger partial charge on any atom is 0.207 e. The highest BCUT2D eigenvalue weighted by atomic mass is 15.2. The fraction of sp³-hybridized carbons (Fsp3) is 0.500. The number of rotatable bonds is 4. The van der Waals surface area contributed by atoms with Gasteiger partial charge in [0.05, 0.1) is 5.69 Å². The van der Waals surface area contributed by atoms with Gasteiger partial charge in [0, 0.05) is 17.9 Å². The summed E-state index contributed by atoms with van der Waals surface area (Å²) in [6.45, 7) is 4.25. The fourth-order valence-electron chi connectivity index (χ4n) is 3.12. The van der Waals surface area contributed by atoms with Crippen molar-refractivity contribution in [3.05, 3.63) is 41.7 Å². The molecule has 1 aliphatic rings. The number of aryl methyl sites for hydroxylation is 2. The minimum Gasteiger partial charge on any atom is -0.353 e. The molecule has 1 heterocycles. The molecule has 1 aromatic heterocycles. The summed E-state index contributed by atoms with van der Waals surface area (Å²) in [6, 6.07) is 9.36. The molecular weight excluding hydrogens is 258 g/mol. The molecule has 0 amide bonds. The highest BCUT2D eigenvalue weighted by molar-refractivity contribution is 5.44. The highest BCUT2D eigenvalue weighted by Gasteiger charge is 2.16. The van der Waals surface area contributed by atoms with Crippen LogP contribution in [-0.2, 0) is 6.42 Å². The van der Waals surface area contributed by atoms with Crippen LogP contribution in [0.15, 0.2) is 30.5 Å². The lowest BCUT2D eigenvalue weighted by Gasteiger charge is -2.23. The molecule has 21 heavy (non-hydrogen) atoms. The Bertz CT molecular complexity index is 577. The molecule has 0 saturated heterocycles. The molecule has 0 atom stereocenters. The smallest absolute Gasteiger partial charge is 0.207 e. The van der Waals surface area contributed by atoms with Crippen LogP contribution in [0.5, 0.6) is 0 Å². The zero-order valence-electron chi connectivity index (χ0n) is 13.1. The first kappa shape index (κ1) is 14.2. The molecule has 0 unspecified atom stereocenters. The summed E-state index contributed by atoms with van der Waals surface area (Å²) in [6.07, 6.45) is 9.78. The third-order valence-corrected chi connectivity index (χ3v) is 4.39. The van der Waals surface area contributed by atoms with Crippen LogP contribution >= 0.6 is 0 Å². The molecule has 1 N–H and O–H groups in total. The monoisotopic (exact) mass is 283 g/mol. The van der Waals surface area contributed by atoms with E-state index in [-0.39, 0.29) is 0 Å². The first-order chi connectivity index (χ1) is 10.3. The second-order valence-corrected chi connectivity index (χ2v) is 6.08. The number of hydrogen-bond acceptors (Lipinski definition) is 2. The molecule has 1 saturated carbocycles. The summed E-state index contributed by atoms with van der Waals surface area (Å²) in [4.78, 5) is 4.68. The lowest BCUT2D eigenvalue weighted by Crippen LogP contribution is -2.24. The van der Waals surface area contributed by atoms with Gasteiger partial charge < -0.3 is 5.32 Å². The minimum absolute atomic E-state index is 0.578. The Kier molecular flexibility index (Phi) is 4.28. The minimum atomic E-state index is 0.578. The van der Waals surface area contributed by atoms with Crippen molar-refractivity contribution >= 4 is 5.95 Å². The van der Waals surface area contributed by atoms with Gasteiger partial charge in [-0.3, -0.25) is 4.57 Å². The van der Waals surface area contributed by atoms with Crippen LogP contribution in [0.1, 0.15) is 50.3 Å². The number of aromatic nitrogens is 2. The van der Waals surface area contributed by atoms with Crippen LogP contribution in [0.3, 0.4) is 0 Å². The molecule has 1 fully saturated rings. The van der Waals surface area contributed by atoms with Crippen LogP contribution in [0.4, 0.5) is 5.95 Å². The van der Waals surface area contributed by atoms with Gasteiger partial charge in [0.25, 0.3) is 0 Å². The quantitative estimate of drug-likeness (QED) is 0.896. The number of benzene rings is 1. The summed E-state index contributed by atoms with van der Waals surface area (Å²) < 4.78 is 2.18. The van der Waals surface area contributed by atoms with Gasteiger partial charge in [-0.1, -0.05) is 38.3 Å². The van der Waals surface area contributed by atoms with Crippen molar-refractivity contribution in [2.45, 2.75) is 58.4 Å². The van der Waals surface area contributed by atoms with E-state index in [2.05, 4.69) is 59.2 Å². The molecular formula is C18H25N3. The van der Waals surface area contributed by atoms with E-state index < -0.39 is 0 Å². The average molecular weight is 283 g/mol. The SMILES string of the molecule is CCc1ccc(-n2cc(C)nc2NC2CCCCC2)cc1. The number of nitrogens with one attached hydrogen (secondary N) is 1. The van der Waals surface area contributed by atoms with Crippen LogP contribution in [-0.4, -0.2) is 15.6 Å². The normalized spacial score (nSPS) is 16.1. The molecule has 0 bridgehead atoms. The largest absolute Gasteiger partial charge is 0.353 e. The van der Waals surface area contributed by atoms with E-state index in [1.165, 1.54) is 43.4 Å². The standard InChI is InChI=1S/C18H25N3/c1-3-15-9-11-17(12-10-15)21-13-14(2)19-18(21)20-16-7-5-4-6-8-16/h9-13,16H,3-8H2,1-2H3,(H,19,20). The second kappa shape index (κ2) is 6.33. The van der Waals surface area contributed by atoms with Crippen molar-refractivity contribution in [1.29, 1.82) is 0 Å². The first-order valence-electron chi connectivity index (χ1n) is 8.18. The van der Waals surface area contributed by atoms with E-state index in [0.717, 1.165) is 18.1 Å². The molecule has 0 radical (unpaired) electrons. The van der Waals surface area contributed by atoms with Gasteiger partial charge in [-0.25, -0.2) is 4.98 Å². The Balaban J connectivity index is 1.83. The molecule has 3 nitrogen and oxygen atoms in total. The summed E-state index contributed by atoms with van der Waals surface area (Å²) in [7, 11) is 0. The Morgan fingerprint density at radius 2 is 1.86 bits per heavy atom. The molecule has 0 spiro atoms. The van der Waals surface area contributed by atoms with Gasteiger partial charge in [0.1, 0.15) is 0 Å². The molecule has 3 heteroatoms. The van der Waals surface area contributed by atoms with Crippen molar-refractivity contribution in [3.8, 4) is 5.69 Å². The van der Waals surface area contributed by atoms with Gasteiger partial charge in [-0.2, -0.15) is 0 Å². The second-order valence-electron chi connectivity index (χ2n) is 6.08. The van der Waals surface area contributed by atoms with Gasteiger partial charge in [-0.15, -0.1) is 0 Å². The zero-order chi connectivity index (χ0) is 14.7. The Morgan fingerprint density at radius 1 is 1.14 bits per heavy atom. The van der Waals surface area contributed by atoms with E-state index >= 15 is 0 Å². The third kappa shape index (κ3) is 3.29. The van der Waals surface area contributed by atoms with E-state index in [1.807, 2.05) is 0 Å². The zero-order valence-corrected chi connectivity index (χ0v) is 13.1. The van der Waals surface area contributed by atoms with E-state index in [9.17, 15) is 0 Å². The molecule has 0 aliphatic heterocycles. The predicted molar refractivity (Wildman–Crippen MR) is 88.2 cm³/mol. The van der Waals surface area contributed by atoms with Crippen LogP contribution < -0.4 is 5.32 Å². The fourth-order valence-corrected chi connectivity index (χ4v) is 3.12. The highest BCUT2D eigenvalue weighted by Crippen LogP contribution is 2.23. The molecule has 3 rings (SSSR count). The van der Waals surface area contributed by atoms with E-state index in [1.54, 1.807) is 0 Å². The van der Waals surface area contributed by atoms with Crippen molar-refractivity contribution in [1.82, 2.24) is 9.55 Å². The Morgan fingerprint density at radius 3 is 2.52 bits per heavy atom. The number of nitrogens with zero attached hydrogens (tertiary/aromatic N) is 2. The summed E-state index contributed by atoms with van der Waals surface area (Å²) in [5.41, 5.74) is 3.62. The maximum absolute atomic E-state index is 4.68. The number of imidazole rings is 1. The molecule has 112 valence electrons. The van der Waals surface area contributed by atoms with Crippen molar-refractivity contribution in [3.63, 3.8) is 0 Å². The van der Waals surface area contributed by atoms with Crippen molar-refractivity contribution in [2.75, 3.05) is 5.32 Å². The summed E-state index contributed by atoms with van der Waals surface area (Å²) in [5.74, 6) is 0.989. The molecule has 2 aromatic rings. The Hall–Kier alpha value is -1.77. The van der Waals surface area contributed by atoms with Crippen LogP contribution in [0, 0.1) is 6.92 Å². The number of hydrogen-bond donors (Lipinski definition) is 1. The van der Waals surface area contributed by atoms with E-state index in [0.29, 0.717) is 6.04 Å².